The van der Waals surface area contributed by atoms with E-state index in [-0.39, 0.29) is 31.7 Å². The molecule has 1 amide bonds. The van der Waals surface area contributed by atoms with Crippen molar-refractivity contribution in [1.29, 1.82) is 0 Å². The van der Waals surface area contributed by atoms with E-state index in [0.717, 1.165) is 10.6 Å². The van der Waals surface area contributed by atoms with Gasteiger partial charge >= 0.3 is 0 Å². The van der Waals surface area contributed by atoms with E-state index in [1.807, 2.05) is 4.90 Å². The molecule has 1 fully saturated rings. The van der Waals surface area contributed by atoms with E-state index in [0.29, 0.717) is 17.2 Å². The number of carbonyl (C=O) groups is 1. The number of nitrogens with one attached hydrogen (secondary N) is 1. The number of benzene rings is 3. The van der Waals surface area contributed by atoms with Crippen LogP contribution in [0, 0.1) is 29.1 Å². The lowest BCUT2D eigenvalue weighted by atomic mass is 10.1. The van der Waals surface area contributed by atoms with Crippen LogP contribution >= 0.6 is 0 Å². The average molecular weight is 507 g/mol. The van der Waals surface area contributed by atoms with Gasteiger partial charge in [0.15, 0.2) is 23.3 Å². The van der Waals surface area contributed by atoms with Crippen molar-refractivity contribution in [3.8, 4) is 11.5 Å². The third-order valence-corrected chi connectivity index (χ3v) is 5.93. The van der Waals surface area contributed by atoms with Crippen molar-refractivity contribution in [2.45, 2.75) is 0 Å². The summed E-state index contributed by atoms with van der Waals surface area (Å²) in [4.78, 5) is 15.9. The van der Waals surface area contributed by atoms with Gasteiger partial charge in [0.25, 0.3) is 5.91 Å². The largest absolute Gasteiger partial charge is 0.496 e. The van der Waals surface area contributed by atoms with Gasteiger partial charge in [0.2, 0.25) is 5.82 Å². The van der Waals surface area contributed by atoms with Gasteiger partial charge in [0.05, 0.1) is 14.2 Å². The molecule has 0 aromatic heterocycles. The van der Waals surface area contributed by atoms with Gasteiger partial charge in [0, 0.05) is 37.6 Å². The number of methoxy groups -OCH3 is 2. The van der Waals surface area contributed by atoms with Crippen LogP contribution in [0.2, 0.25) is 0 Å². The molecule has 0 unspecified atom stereocenters. The zero-order valence-electron chi connectivity index (χ0n) is 19.4. The number of amides is 1. The third-order valence-electron chi connectivity index (χ3n) is 5.93. The van der Waals surface area contributed by atoms with E-state index in [1.165, 1.54) is 14.2 Å². The Morgan fingerprint density at radius 3 is 1.69 bits per heavy atom. The summed E-state index contributed by atoms with van der Waals surface area (Å²) >= 11 is 0. The maximum Gasteiger partial charge on any atom is 0.263 e. The van der Waals surface area contributed by atoms with Crippen LogP contribution in [0.15, 0.2) is 42.5 Å². The van der Waals surface area contributed by atoms with Crippen LogP contribution in [0.5, 0.6) is 11.5 Å². The van der Waals surface area contributed by atoms with Gasteiger partial charge in [-0.2, -0.15) is 0 Å². The summed E-state index contributed by atoms with van der Waals surface area (Å²) in [7, 11) is 2.90. The maximum atomic E-state index is 14.1. The number of ether oxygens (including phenoxy) is 2. The molecule has 4 rings (SSSR count). The normalized spacial score (nSPS) is 13.5. The maximum absolute atomic E-state index is 14.1. The predicted octanol–water partition coefficient (Wildman–Crippen LogP) is 4.98. The summed E-state index contributed by atoms with van der Waals surface area (Å²) in [6.45, 7) is 0.655. The van der Waals surface area contributed by atoms with Crippen molar-refractivity contribution in [3.63, 3.8) is 0 Å². The van der Waals surface area contributed by atoms with Crippen molar-refractivity contribution in [1.82, 2.24) is 0 Å². The molecule has 11 heteroatoms. The van der Waals surface area contributed by atoms with E-state index >= 15 is 0 Å². The fraction of sp³-hybridized carbons (Fsp3) is 0.240. The van der Waals surface area contributed by atoms with Crippen molar-refractivity contribution in [2.24, 2.45) is 0 Å². The van der Waals surface area contributed by atoms with Gasteiger partial charge in [-0.1, -0.05) is 6.07 Å². The van der Waals surface area contributed by atoms with Crippen LogP contribution in [0.25, 0.3) is 0 Å². The van der Waals surface area contributed by atoms with Gasteiger partial charge in [-0.15, -0.1) is 0 Å². The first-order chi connectivity index (χ1) is 17.3. The van der Waals surface area contributed by atoms with Crippen molar-refractivity contribution in [3.05, 3.63) is 77.1 Å². The lowest BCUT2D eigenvalue weighted by Crippen LogP contribution is -2.47. The van der Waals surface area contributed by atoms with Crippen LogP contribution < -0.4 is 24.6 Å². The van der Waals surface area contributed by atoms with Crippen molar-refractivity contribution >= 4 is 23.0 Å². The summed E-state index contributed by atoms with van der Waals surface area (Å²) in [5.41, 5.74) is 0.600. The van der Waals surface area contributed by atoms with E-state index < -0.39 is 40.7 Å². The molecule has 0 atom stereocenters. The molecule has 0 bridgehead atoms. The Kier molecular flexibility index (Phi) is 7.18. The molecule has 0 aliphatic carbocycles. The van der Waals surface area contributed by atoms with Crippen LogP contribution in [-0.2, 0) is 0 Å². The van der Waals surface area contributed by atoms with Crippen LogP contribution in [0.4, 0.5) is 39.0 Å². The number of carbonyl (C=O) groups excluding carboxylic acids is 1. The SMILES string of the molecule is COc1cccc(OC)c1C(=O)Nc1ccc(N2CCN(c3c(F)c(F)c(F)c(F)c3F)CC2)cc1. The third kappa shape index (κ3) is 4.60. The Hall–Kier alpha value is -4.02. The minimum Gasteiger partial charge on any atom is -0.496 e. The van der Waals surface area contributed by atoms with Gasteiger partial charge in [-0.3, -0.25) is 4.79 Å². The molecule has 0 radical (unpaired) electrons. The highest BCUT2D eigenvalue weighted by Crippen LogP contribution is 2.32. The minimum absolute atomic E-state index is 0.0461. The van der Waals surface area contributed by atoms with Crippen molar-refractivity contribution < 1.29 is 36.2 Å². The first-order valence-electron chi connectivity index (χ1n) is 10.9. The fourth-order valence-electron chi connectivity index (χ4n) is 4.08. The van der Waals surface area contributed by atoms with E-state index in [1.54, 1.807) is 42.5 Å². The lowest BCUT2D eigenvalue weighted by Gasteiger charge is -2.37. The topological polar surface area (TPSA) is 54.0 Å². The number of nitrogens with zero attached hydrogens (tertiary/aromatic N) is 2. The molecule has 1 heterocycles. The Morgan fingerprint density at radius 2 is 1.19 bits per heavy atom. The first-order valence-corrected chi connectivity index (χ1v) is 10.9. The summed E-state index contributed by atoms with van der Waals surface area (Å²) in [6, 6.07) is 11.9. The first kappa shape index (κ1) is 25.1. The fourth-order valence-corrected chi connectivity index (χ4v) is 4.08. The van der Waals surface area contributed by atoms with E-state index in [2.05, 4.69) is 5.32 Å². The van der Waals surface area contributed by atoms with Gasteiger partial charge in [0.1, 0.15) is 22.7 Å². The number of anilines is 3. The van der Waals surface area contributed by atoms with Crippen LogP contribution in [0.3, 0.4) is 0 Å². The zero-order chi connectivity index (χ0) is 26.0. The number of rotatable bonds is 6. The summed E-state index contributed by atoms with van der Waals surface area (Å²) in [5.74, 6) is -9.50. The highest BCUT2D eigenvalue weighted by molar-refractivity contribution is 6.08. The molecule has 0 spiro atoms. The lowest BCUT2D eigenvalue weighted by molar-refractivity contribution is 0.102. The second-order valence-electron chi connectivity index (χ2n) is 7.93. The summed E-state index contributed by atoms with van der Waals surface area (Å²) < 4.78 is 79.3. The highest BCUT2D eigenvalue weighted by Gasteiger charge is 2.30. The average Bonchev–Trinajstić information content (AvgIpc) is 2.91. The molecule has 190 valence electrons. The van der Waals surface area contributed by atoms with Gasteiger partial charge < -0.3 is 24.6 Å². The van der Waals surface area contributed by atoms with Crippen LogP contribution in [0.1, 0.15) is 10.4 Å². The van der Waals surface area contributed by atoms with Gasteiger partial charge in [-0.25, -0.2) is 22.0 Å². The summed E-state index contributed by atoms with van der Waals surface area (Å²) in [6.07, 6.45) is 0. The Bertz CT molecular complexity index is 1230. The number of hydrogen-bond donors (Lipinski definition) is 1. The molecule has 1 aliphatic rings. The van der Waals surface area contributed by atoms with Crippen LogP contribution in [-0.4, -0.2) is 46.3 Å². The second kappa shape index (κ2) is 10.3. The van der Waals surface area contributed by atoms with Gasteiger partial charge in [-0.05, 0) is 36.4 Å². The number of piperazine rings is 1. The Morgan fingerprint density at radius 1 is 0.722 bits per heavy atom. The standard InChI is InChI=1S/C25H22F5N3O3/c1-35-16-4-3-5-17(36-2)18(16)25(34)31-14-6-8-15(9-7-14)32-10-12-33(13-11-32)24-22(29)20(27)19(26)21(28)23(24)30/h3-9H,10-13H2,1-2H3,(H,31,34). The molecule has 36 heavy (non-hydrogen) atoms. The molecule has 3 aromatic carbocycles. The Balaban J connectivity index is 1.44. The molecular weight excluding hydrogens is 485 g/mol. The Labute approximate surface area is 203 Å². The summed E-state index contributed by atoms with van der Waals surface area (Å²) in [5, 5.41) is 2.78. The zero-order valence-corrected chi connectivity index (χ0v) is 19.4. The molecule has 1 saturated heterocycles. The van der Waals surface area contributed by atoms with E-state index in [4.69, 9.17) is 9.47 Å². The monoisotopic (exact) mass is 507 g/mol. The molecule has 1 N–H and O–H groups in total. The molecule has 3 aromatic rings. The van der Waals surface area contributed by atoms with E-state index in [9.17, 15) is 26.7 Å². The minimum atomic E-state index is -2.18. The number of hydrogen-bond acceptors (Lipinski definition) is 5. The number of halogens is 5. The molecule has 0 saturated carbocycles. The highest BCUT2D eigenvalue weighted by atomic mass is 19.2. The molecular formula is C25H22F5N3O3. The quantitative estimate of drug-likeness (QED) is 0.290. The predicted molar refractivity (Wildman–Crippen MR) is 125 cm³/mol. The van der Waals surface area contributed by atoms with Crippen molar-refractivity contribution in [2.75, 3.05) is 55.5 Å². The molecule has 6 nitrogen and oxygen atoms in total. The second-order valence-corrected chi connectivity index (χ2v) is 7.93. The molecule has 1 aliphatic heterocycles. The smallest absolute Gasteiger partial charge is 0.263 e.